The number of amides is 2. The van der Waals surface area contributed by atoms with Crippen LogP contribution in [0.5, 0.6) is 0 Å². The van der Waals surface area contributed by atoms with E-state index in [-0.39, 0.29) is 18.6 Å². The number of hydrogen-bond acceptors (Lipinski definition) is 4. The molecule has 1 N–H and O–H groups in total. The minimum Gasteiger partial charge on any atom is -0.447 e. The summed E-state index contributed by atoms with van der Waals surface area (Å²) >= 11 is 0. The van der Waals surface area contributed by atoms with Crippen molar-refractivity contribution in [1.29, 1.82) is 0 Å². The molecule has 0 saturated carbocycles. The zero-order chi connectivity index (χ0) is 20.6. The predicted molar refractivity (Wildman–Crippen MR) is 111 cm³/mol. The molecule has 3 atom stereocenters. The van der Waals surface area contributed by atoms with Gasteiger partial charge in [-0.3, -0.25) is 4.79 Å². The molecule has 5 nitrogen and oxygen atoms in total. The first-order valence-electron chi connectivity index (χ1n) is 10.3. The number of benzene rings is 2. The molecule has 2 amide bonds. The Morgan fingerprint density at radius 3 is 2.34 bits per heavy atom. The van der Waals surface area contributed by atoms with Crippen LogP contribution < -0.4 is 0 Å². The average Bonchev–Trinajstić information content (AvgIpc) is 3.11. The Morgan fingerprint density at radius 2 is 1.69 bits per heavy atom. The lowest BCUT2D eigenvalue weighted by atomic mass is 9.96. The molecule has 0 bridgehead atoms. The maximum absolute atomic E-state index is 12.9. The lowest BCUT2D eigenvalue weighted by molar-refractivity contribution is -0.136. The molecule has 3 rings (SSSR count). The van der Waals surface area contributed by atoms with E-state index in [0.29, 0.717) is 12.8 Å². The maximum Gasteiger partial charge on any atom is 0.416 e. The number of aliphatic hydroxyl groups is 1. The van der Waals surface area contributed by atoms with Crippen molar-refractivity contribution in [3.63, 3.8) is 0 Å². The molecule has 29 heavy (non-hydrogen) atoms. The first kappa shape index (κ1) is 21.1. The molecule has 1 aliphatic heterocycles. The average molecular weight is 395 g/mol. The molecule has 0 aromatic heterocycles. The third-order valence-electron chi connectivity index (χ3n) is 5.54. The van der Waals surface area contributed by atoms with E-state index >= 15 is 0 Å². The Labute approximate surface area is 172 Å². The topological polar surface area (TPSA) is 66.8 Å². The zero-order valence-corrected chi connectivity index (χ0v) is 16.9. The van der Waals surface area contributed by atoms with Crippen LogP contribution in [-0.4, -0.2) is 40.8 Å². The number of hydrogen-bond donors (Lipinski definition) is 1. The number of carbonyl (C=O) groups is 2. The molecule has 3 unspecified atom stereocenters. The first-order valence-corrected chi connectivity index (χ1v) is 10.3. The lowest BCUT2D eigenvalue weighted by Crippen LogP contribution is -2.45. The van der Waals surface area contributed by atoms with Gasteiger partial charge in [0, 0.05) is 0 Å². The number of imide groups is 1. The number of cyclic esters (lactones) is 1. The summed E-state index contributed by atoms with van der Waals surface area (Å²) in [5, 5.41) is 10.5. The Kier molecular flexibility index (Phi) is 7.42. The number of nitrogens with zero attached hydrogens (tertiary/aromatic N) is 1. The molecule has 0 radical (unpaired) electrons. The van der Waals surface area contributed by atoms with Crippen molar-refractivity contribution >= 4 is 12.0 Å². The van der Waals surface area contributed by atoms with Gasteiger partial charge in [-0.1, -0.05) is 74.0 Å². The summed E-state index contributed by atoms with van der Waals surface area (Å²) in [4.78, 5) is 26.3. The molecule has 2 aromatic carbocycles. The van der Waals surface area contributed by atoms with Gasteiger partial charge in [0.2, 0.25) is 5.91 Å². The summed E-state index contributed by atoms with van der Waals surface area (Å²) in [5.41, 5.74) is 2.32. The molecule has 1 saturated heterocycles. The van der Waals surface area contributed by atoms with Gasteiger partial charge in [-0.15, -0.1) is 0 Å². The van der Waals surface area contributed by atoms with Crippen LogP contribution in [0.1, 0.15) is 37.3 Å². The van der Waals surface area contributed by atoms with Crippen LogP contribution in [0.15, 0.2) is 60.7 Å². The van der Waals surface area contributed by atoms with Crippen LogP contribution in [-0.2, 0) is 22.4 Å². The summed E-state index contributed by atoms with van der Waals surface area (Å²) in [5.74, 6) is -1.00. The second-order valence-corrected chi connectivity index (χ2v) is 7.72. The second-order valence-electron chi connectivity index (χ2n) is 7.72. The molecule has 5 heteroatoms. The second kappa shape index (κ2) is 10.2. The Balaban J connectivity index is 1.51. The van der Waals surface area contributed by atoms with Gasteiger partial charge in [0.05, 0.1) is 18.1 Å². The summed E-state index contributed by atoms with van der Waals surface area (Å²) in [6.07, 6.45) is 2.43. The van der Waals surface area contributed by atoms with Crippen molar-refractivity contribution in [3.05, 3.63) is 71.8 Å². The summed E-state index contributed by atoms with van der Waals surface area (Å²) in [6.45, 7) is 1.88. The highest BCUT2D eigenvalue weighted by Gasteiger charge is 2.41. The Hall–Kier alpha value is -2.66. The van der Waals surface area contributed by atoms with Crippen LogP contribution in [0.4, 0.5) is 4.79 Å². The van der Waals surface area contributed by atoms with Gasteiger partial charge in [0.1, 0.15) is 6.61 Å². The standard InChI is InChI=1S/C24H29NO4/c1-18(22(26)15-9-8-12-19-10-4-2-5-11-19)23(27)25-21(17-29-24(25)28)16-20-13-6-3-7-14-20/h2-7,10-11,13-14,18,21-22,26H,8-9,12,15-17H2,1H3. The predicted octanol–water partition coefficient (Wildman–Crippen LogP) is 3.99. The van der Waals surface area contributed by atoms with Crippen molar-refractivity contribution in [3.8, 4) is 0 Å². The molecular weight excluding hydrogens is 366 g/mol. The highest BCUT2D eigenvalue weighted by atomic mass is 16.6. The summed E-state index contributed by atoms with van der Waals surface area (Å²) in [6, 6.07) is 19.6. The number of rotatable bonds is 9. The van der Waals surface area contributed by atoms with Crippen LogP contribution in [0.2, 0.25) is 0 Å². The van der Waals surface area contributed by atoms with Gasteiger partial charge in [0.25, 0.3) is 0 Å². The minimum atomic E-state index is -0.774. The van der Waals surface area contributed by atoms with Gasteiger partial charge in [-0.05, 0) is 36.8 Å². The van der Waals surface area contributed by atoms with Crippen molar-refractivity contribution in [2.24, 2.45) is 5.92 Å². The monoisotopic (exact) mass is 395 g/mol. The van der Waals surface area contributed by atoms with E-state index in [4.69, 9.17) is 4.74 Å². The molecule has 1 heterocycles. The number of ether oxygens (including phenoxy) is 1. The van der Waals surface area contributed by atoms with E-state index in [1.54, 1.807) is 6.92 Å². The smallest absolute Gasteiger partial charge is 0.416 e. The third kappa shape index (κ3) is 5.67. The Bertz CT molecular complexity index is 793. The van der Waals surface area contributed by atoms with E-state index in [1.165, 1.54) is 10.5 Å². The SMILES string of the molecule is CC(C(=O)N1C(=O)OCC1Cc1ccccc1)C(O)CCCCc1ccccc1. The van der Waals surface area contributed by atoms with Crippen molar-refractivity contribution in [2.45, 2.75) is 51.2 Å². The molecule has 154 valence electrons. The fourth-order valence-corrected chi connectivity index (χ4v) is 3.73. The summed E-state index contributed by atoms with van der Waals surface area (Å²) in [7, 11) is 0. The van der Waals surface area contributed by atoms with Crippen molar-refractivity contribution < 1.29 is 19.4 Å². The third-order valence-corrected chi connectivity index (χ3v) is 5.54. The van der Waals surface area contributed by atoms with E-state index in [9.17, 15) is 14.7 Å². The van der Waals surface area contributed by atoms with E-state index in [1.807, 2.05) is 48.5 Å². The molecule has 2 aromatic rings. The highest BCUT2D eigenvalue weighted by Crippen LogP contribution is 2.22. The van der Waals surface area contributed by atoms with Crippen LogP contribution in [0.25, 0.3) is 0 Å². The number of carbonyl (C=O) groups excluding carboxylic acids is 2. The zero-order valence-electron chi connectivity index (χ0n) is 16.9. The first-order chi connectivity index (χ1) is 14.1. The number of aliphatic hydroxyl groups excluding tert-OH is 1. The van der Waals surface area contributed by atoms with Crippen LogP contribution in [0.3, 0.4) is 0 Å². The summed E-state index contributed by atoms with van der Waals surface area (Å²) < 4.78 is 5.13. The van der Waals surface area contributed by atoms with Crippen LogP contribution >= 0.6 is 0 Å². The normalized spacial score (nSPS) is 18.3. The molecule has 1 aliphatic rings. The van der Waals surface area contributed by atoms with E-state index in [2.05, 4.69) is 12.1 Å². The molecule has 0 aliphatic carbocycles. The molecule has 0 spiro atoms. The van der Waals surface area contributed by atoms with E-state index < -0.39 is 18.1 Å². The molecule has 1 fully saturated rings. The van der Waals surface area contributed by atoms with Crippen LogP contribution in [0, 0.1) is 5.92 Å². The number of aryl methyl sites for hydroxylation is 1. The van der Waals surface area contributed by atoms with Gasteiger partial charge in [-0.25, -0.2) is 9.69 Å². The highest BCUT2D eigenvalue weighted by molar-refractivity contribution is 5.94. The van der Waals surface area contributed by atoms with Crippen molar-refractivity contribution in [2.75, 3.05) is 6.61 Å². The molecular formula is C24H29NO4. The van der Waals surface area contributed by atoms with Gasteiger partial charge < -0.3 is 9.84 Å². The van der Waals surface area contributed by atoms with E-state index in [0.717, 1.165) is 24.8 Å². The number of unbranched alkanes of at least 4 members (excludes halogenated alkanes) is 1. The lowest BCUT2D eigenvalue weighted by Gasteiger charge is -2.25. The van der Waals surface area contributed by atoms with Gasteiger partial charge in [-0.2, -0.15) is 0 Å². The quantitative estimate of drug-likeness (QED) is 0.652. The largest absolute Gasteiger partial charge is 0.447 e. The maximum atomic E-state index is 12.9. The van der Waals surface area contributed by atoms with Gasteiger partial charge >= 0.3 is 6.09 Å². The minimum absolute atomic E-state index is 0.194. The van der Waals surface area contributed by atoms with Gasteiger partial charge in [0.15, 0.2) is 0 Å². The van der Waals surface area contributed by atoms with Crippen molar-refractivity contribution in [1.82, 2.24) is 4.90 Å². The fourth-order valence-electron chi connectivity index (χ4n) is 3.73. The fraction of sp³-hybridized carbons (Fsp3) is 0.417. The Morgan fingerprint density at radius 1 is 1.07 bits per heavy atom.